The van der Waals surface area contributed by atoms with Crippen LogP contribution in [0.15, 0.2) is 66.8 Å². The first-order valence-electron chi connectivity index (χ1n) is 5.85. The molecule has 0 radical (unpaired) electrons. The van der Waals surface area contributed by atoms with Gasteiger partial charge in [0, 0.05) is 0 Å². The van der Waals surface area contributed by atoms with Crippen molar-refractivity contribution in [3.8, 4) is 0 Å². The van der Waals surface area contributed by atoms with Crippen molar-refractivity contribution in [3.05, 3.63) is 72.4 Å². The highest BCUT2D eigenvalue weighted by molar-refractivity contribution is 5.23. The molecule has 0 fully saturated rings. The molecular weight excluding hydrogens is 192 g/mol. The van der Waals surface area contributed by atoms with E-state index in [4.69, 9.17) is 0 Å². The fourth-order valence-electron chi connectivity index (χ4n) is 1.73. The zero-order valence-electron chi connectivity index (χ0n) is 10.0. The van der Waals surface area contributed by atoms with Gasteiger partial charge < -0.3 is 0 Å². The lowest BCUT2D eigenvalue weighted by atomic mass is 10.0. The molecule has 1 aromatic rings. The van der Waals surface area contributed by atoms with Crippen LogP contribution in [-0.2, 0) is 6.42 Å². The lowest BCUT2D eigenvalue weighted by molar-refractivity contribution is 0.823. The van der Waals surface area contributed by atoms with Gasteiger partial charge in [0.1, 0.15) is 0 Å². The lowest BCUT2D eigenvalue weighted by Crippen LogP contribution is -1.86. The molecule has 1 aromatic carbocycles. The molecule has 0 heteroatoms. The zero-order chi connectivity index (χ0) is 11.6. The standard InChI is InChI=1S/C16H20/c1-3-9-15(10-4-2)13-8-14-16-11-6-5-7-12-16/h3-7,9-12H,1,8,13-14H2,2H3/b10-4-,15-9+. The maximum absolute atomic E-state index is 3.74. The van der Waals surface area contributed by atoms with Crippen LogP contribution in [-0.4, -0.2) is 0 Å². The van der Waals surface area contributed by atoms with Crippen molar-refractivity contribution in [2.75, 3.05) is 0 Å². The van der Waals surface area contributed by atoms with Gasteiger partial charge in [-0.1, -0.05) is 61.2 Å². The van der Waals surface area contributed by atoms with Crippen molar-refractivity contribution in [3.63, 3.8) is 0 Å². The highest BCUT2D eigenvalue weighted by Gasteiger charge is 1.94. The van der Waals surface area contributed by atoms with Gasteiger partial charge in [0.2, 0.25) is 0 Å². The van der Waals surface area contributed by atoms with Gasteiger partial charge in [0.05, 0.1) is 0 Å². The summed E-state index contributed by atoms with van der Waals surface area (Å²) >= 11 is 0. The Hall–Kier alpha value is -1.56. The van der Waals surface area contributed by atoms with Gasteiger partial charge >= 0.3 is 0 Å². The SMILES string of the molecule is C=C/C=C(\C=C/C)CCCc1ccccc1. The molecule has 16 heavy (non-hydrogen) atoms. The molecule has 84 valence electrons. The average molecular weight is 212 g/mol. The molecule has 0 heterocycles. The van der Waals surface area contributed by atoms with E-state index in [9.17, 15) is 0 Å². The molecule has 0 aromatic heterocycles. The first kappa shape index (κ1) is 12.5. The molecule has 0 nitrogen and oxygen atoms in total. The molecule has 0 unspecified atom stereocenters. The van der Waals surface area contributed by atoms with Crippen LogP contribution in [0, 0.1) is 0 Å². The molecule has 0 amide bonds. The maximum atomic E-state index is 3.74. The van der Waals surface area contributed by atoms with E-state index in [-0.39, 0.29) is 0 Å². The van der Waals surface area contributed by atoms with Crippen molar-refractivity contribution in [2.45, 2.75) is 26.2 Å². The summed E-state index contributed by atoms with van der Waals surface area (Å²) in [6, 6.07) is 10.6. The largest absolute Gasteiger partial charge is 0.0991 e. The molecule has 0 spiro atoms. The van der Waals surface area contributed by atoms with E-state index < -0.39 is 0 Å². The molecular formula is C16H20. The van der Waals surface area contributed by atoms with E-state index in [1.165, 1.54) is 17.6 Å². The highest BCUT2D eigenvalue weighted by atomic mass is 14.0. The fraction of sp³-hybridized carbons (Fsp3) is 0.250. The van der Waals surface area contributed by atoms with Gasteiger partial charge in [-0.2, -0.15) is 0 Å². The number of hydrogen-bond acceptors (Lipinski definition) is 0. The molecule has 0 saturated carbocycles. The number of allylic oxidation sites excluding steroid dienone is 5. The molecule has 0 aliphatic rings. The maximum Gasteiger partial charge on any atom is -0.0276 e. The summed E-state index contributed by atoms with van der Waals surface area (Å²) in [5.41, 5.74) is 2.77. The number of rotatable bonds is 6. The molecule has 0 saturated heterocycles. The topological polar surface area (TPSA) is 0 Å². The first-order valence-corrected chi connectivity index (χ1v) is 5.85. The Labute approximate surface area is 99.0 Å². The van der Waals surface area contributed by atoms with Crippen molar-refractivity contribution >= 4 is 0 Å². The molecule has 0 atom stereocenters. The molecule has 1 rings (SSSR count). The summed E-state index contributed by atoms with van der Waals surface area (Å²) in [7, 11) is 0. The minimum atomic E-state index is 1.12. The van der Waals surface area contributed by atoms with Gasteiger partial charge in [0.25, 0.3) is 0 Å². The van der Waals surface area contributed by atoms with Gasteiger partial charge in [0.15, 0.2) is 0 Å². The highest BCUT2D eigenvalue weighted by Crippen LogP contribution is 2.11. The Morgan fingerprint density at radius 1 is 1.25 bits per heavy atom. The fourth-order valence-corrected chi connectivity index (χ4v) is 1.73. The van der Waals surface area contributed by atoms with Gasteiger partial charge in [-0.15, -0.1) is 0 Å². The second kappa shape index (κ2) is 7.70. The smallest absolute Gasteiger partial charge is 0.0276 e. The van der Waals surface area contributed by atoms with Crippen LogP contribution >= 0.6 is 0 Å². The summed E-state index contributed by atoms with van der Waals surface area (Å²) < 4.78 is 0. The Kier molecular flexibility index (Phi) is 6.02. The monoisotopic (exact) mass is 212 g/mol. The summed E-state index contributed by atoms with van der Waals surface area (Å²) in [5, 5.41) is 0. The Balaban J connectivity index is 2.39. The summed E-state index contributed by atoms with van der Waals surface area (Å²) in [6.07, 6.45) is 11.6. The van der Waals surface area contributed by atoms with Gasteiger partial charge in [-0.05, 0) is 37.3 Å². The quantitative estimate of drug-likeness (QED) is 0.600. The van der Waals surface area contributed by atoms with Crippen molar-refractivity contribution in [2.24, 2.45) is 0 Å². The summed E-state index contributed by atoms with van der Waals surface area (Å²) in [6.45, 7) is 5.79. The molecule has 0 aliphatic heterocycles. The van der Waals surface area contributed by atoms with Crippen molar-refractivity contribution < 1.29 is 0 Å². The minimum absolute atomic E-state index is 1.12. The second-order valence-corrected chi connectivity index (χ2v) is 3.82. The second-order valence-electron chi connectivity index (χ2n) is 3.82. The van der Waals surface area contributed by atoms with E-state index >= 15 is 0 Å². The molecule has 0 bridgehead atoms. The van der Waals surface area contributed by atoms with Crippen LogP contribution in [0.5, 0.6) is 0 Å². The van der Waals surface area contributed by atoms with Crippen LogP contribution in [0.2, 0.25) is 0 Å². The summed E-state index contributed by atoms with van der Waals surface area (Å²) in [5.74, 6) is 0. The van der Waals surface area contributed by atoms with Crippen LogP contribution in [0.1, 0.15) is 25.3 Å². The van der Waals surface area contributed by atoms with Crippen molar-refractivity contribution in [1.82, 2.24) is 0 Å². The predicted octanol–water partition coefficient (Wildman–Crippen LogP) is 4.70. The summed E-state index contributed by atoms with van der Waals surface area (Å²) in [4.78, 5) is 0. The number of hydrogen-bond donors (Lipinski definition) is 0. The average Bonchev–Trinajstić information content (AvgIpc) is 2.31. The van der Waals surface area contributed by atoms with Crippen LogP contribution < -0.4 is 0 Å². The first-order chi connectivity index (χ1) is 7.86. The Morgan fingerprint density at radius 2 is 2.00 bits per heavy atom. The third-order valence-electron chi connectivity index (χ3n) is 2.49. The van der Waals surface area contributed by atoms with E-state index in [0.29, 0.717) is 0 Å². The number of benzene rings is 1. The van der Waals surface area contributed by atoms with E-state index in [2.05, 4.69) is 55.1 Å². The third-order valence-corrected chi connectivity index (χ3v) is 2.49. The van der Waals surface area contributed by atoms with Crippen LogP contribution in [0.3, 0.4) is 0 Å². The van der Waals surface area contributed by atoms with Crippen LogP contribution in [0.4, 0.5) is 0 Å². The molecule has 0 aliphatic carbocycles. The number of aryl methyl sites for hydroxylation is 1. The lowest BCUT2D eigenvalue weighted by Gasteiger charge is -2.02. The van der Waals surface area contributed by atoms with E-state index in [1.807, 2.05) is 13.0 Å². The van der Waals surface area contributed by atoms with E-state index in [1.54, 1.807) is 0 Å². The zero-order valence-corrected chi connectivity index (χ0v) is 10.0. The van der Waals surface area contributed by atoms with Crippen molar-refractivity contribution in [1.29, 1.82) is 0 Å². The molecule has 0 N–H and O–H groups in total. The predicted molar refractivity (Wildman–Crippen MR) is 72.5 cm³/mol. The normalized spacial score (nSPS) is 11.9. The Bertz CT molecular complexity index is 355. The minimum Gasteiger partial charge on any atom is -0.0991 e. The third kappa shape index (κ3) is 4.79. The van der Waals surface area contributed by atoms with Crippen LogP contribution in [0.25, 0.3) is 0 Å². The van der Waals surface area contributed by atoms with E-state index in [0.717, 1.165) is 12.8 Å². The van der Waals surface area contributed by atoms with Gasteiger partial charge in [-0.3, -0.25) is 0 Å². The van der Waals surface area contributed by atoms with Gasteiger partial charge in [-0.25, -0.2) is 0 Å². The Morgan fingerprint density at radius 3 is 2.62 bits per heavy atom.